The Hall–Kier alpha value is -2.21. The summed E-state index contributed by atoms with van der Waals surface area (Å²) in [6.45, 7) is 9.09. The topological polar surface area (TPSA) is 108 Å². The molecule has 4 aromatic rings. The van der Waals surface area contributed by atoms with Gasteiger partial charge in [0, 0.05) is 35.9 Å². The van der Waals surface area contributed by atoms with Gasteiger partial charge in [0.05, 0.1) is 12.4 Å². The first kappa shape index (κ1) is 23.0. The SMILES string of the molecule is CN(c1nc2sc(-c3ncc(-c4cn[nH]c4)nn3)nc2s1)C1CC(C)(C)NC(C)(C)C1.Cl. The summed E-state index contributed by atoms with van der Waals surface area (Å²) in [5.41, 5.74) is 1.71. The summed E-state index contributed by atoms with van der Waals surface area (Å²) >= 11 is 3.13. The van der Waals surface area contributed by atoms with E-state index in [0.29, 0.717) is 17.6 Å². The van der Waals surface area contributed by atoms with Gasteiger partial charge in [-0.05, 0) is 40.5 Å². The van der Waals surface area contributed by atoms with E-state index in [2.05, 4.69) is 70.3 Å². The number of aromatic nitrogens is 7. The number of hydrogen-bond acceptors (Lipinski definition) is 10. The molecule has 5 heterocycles. The Morgan fingerprint density at radius 1 is 1.00 bits per heavy atom. The first-order valence-electron chi connectivity index (χ1n) is 10.2. The molecule has 0 bridgehead atoms. The monoisotopic (exact) mass is 491 g/mol. The van der Waals surface area contributed by atoms with E-state index in [1.54, 1.807) is 29.9 Å². The van der Waals surface area contributed by atoms with E-state index < -0.39 is 0 Å². The maximum absolute atomic E-state index is 4.88. The van der Waals surface area contributed by atoms with Gasteiger partial charge in [0.2, 0.25) is 5.82 Å². The van der Waals surface area contributed by atoms with Gasteiger partial charge in [-0.15, -0.1) is 22.6 Å². The first-order chi connectivity index (χ1) is 14.7. The molecule has 1 aliphatic rings. The van der Waals surface area contributed by atoms with Gasteiger partial charge in [-0.25, -0.2) is 15.0 Å². The Morgan fingerprint density at radius 2 is 1.72 bits per heavy atom. The number of rotatable bonds is 4. The second-order valence-electron chi connectivity index (χ2n) is 9.35. The van der Waals surface area contributed by atoms with Gasteiger partial charge in [-0.1, -0.05) is 22.7 Å². The van der Waals surface area contributed by atoms with Crippen LogP contribution in [0, 0.1) is 0 Å². The minimum atomic E-state index is 0. The minimum Gasteiger partial charge on any atom is -0.348 e. The van der Waals surface area contributed by atoms with E-state index >= 15 is 0 Å². The van der Waals surface area contributed by atoms with E-state index in [9.17, 15) is 0 Å². The van der Waals surface area contributed by atoms with Gasteiger partial charge >= 0.3 is 0 Å². The molecule has 1 saturated heterocycles. The second kappa shape index (κ2) is 8.29. The molecule has 0 radical (unpaired) electrons. The molecule has 0 spiro atoms. The maximum Gasteiger partial charge on any atom is 0.210 e. The van der Waals surface area contributed by atoms with E-state index in [1.165, 1.54) is 11.3 Å². The second-order valence-corrected chi connectivity index (χ2v) is 11.3. The van der Waals surface area contributed by atoms with Crippen molar-refractivity contribution in [3.05, 3.63) is 18.6 Å². The zero-order valence-corrected chi connectivity index (χ0v) is 21.0. The lowest BCUT2D eigenvalue weighted by atomic mass is 9.79. The normalized spacial score (nSPS) is 17.9. The van der Waals surface area contributed by atoms with Gasteiger partial charge in [0.25, 0.3) is 0 Å². The molecule has 0 atom stereocenters. The summed E-state index contributed by atoms with van der Waals surface area (Å²) in [4.78, 5) is 18.2. The molecular formula is C20H26ClN9S2. The van der Waals surface area contributed by atoms with Gasteiger partial charge in [0.1, 0.15) is 5.69 Å². The van der Waals surface area contributed by atoms with E-state index in [0.717, 1.165) is 38.2 Å². The third-order valence-electron chi connectivity index (χ3n) is 5.53. The molecule has 0 aliphatic carbocycles. The molecule has 170 valence electrons. The Morgan fingerprint density at radius 3 is 2.31 bits per heavy atom. The van der Waals surface area contributed by atoms with Gasteiger partial charge in [0.15, 0.2) is 19.8 Å². The molecule has 0 amide bonds. The van der Waals surface area contributed by atoms with Crippen LogP contribution in [0.15, 0.2) is 18.6 Å². The fourth-order valence-electron chi connectivity index (χ4n) is 4.47. The summed E-state index contributed by atoms with van der Waals surface area (Å²) < 4.78 is 0. The predicted octanol–water partition coefficient (Wildman–Crippen LogP) is 4.16. The van der Waals surface area contributed by atoms with Crippen LogP contribution in [0.2, 0.25) is 0 Å². The van der Waals surface area contributed by atoms with Crippen molar-refractivity contribution in [2.45, 2.75) is 57.7 Å². The number of aromatic amines is 1. The fraction of sp³-hybridized carbons (Fsp3) is 0.500. The van der Waals surface area contributed by atoms with Crippen molar-refractivity contribution in [2.24, 2.45) is 0 Å². The quantitative estimate of drug-likeness (QED) is 0.438. The van der Waals surface area contributed by atoms with Crippen LogP contribution in [-0.4, -0.2) is 59.5 Å². The number of fused-ring (bicyclic) bond motifs is 1. The van der Waals surface area contributed by atoms with E-state index in [4.69, 9.17) is 9.97 Å². The highest BCUT2D eigenvalue weighted by Gasteiger charge is 2.39. The van der Waals surface area contributed by atoms with Crippen LogP contribution in [0.1, 0.15) is 40.5 Å². The van der Waals surface area contributed by atoms with Crippen molar-refractivity contribution in [3.8, 4) is 22.1 Å². The number of nitrogens with one attached hydrogen (secondary N) is 2. The number of piperidine rings is 1. The van der Waals surface area contributed by atoms with Crippen molar-refractivity contribution in [1.29, 1.82) is 0 Å². The van der Waals surface area contributed by atoms with Crippen LogP contribution in [0.3, 0.4) is 0 Å². The molecule has 12 heteroatoms. The summed E-state index contributed by atoms with van der Waals surface area (Å²) in [5, 5.41) is 20.7. The van der Waals surface area contributed by atoms with E-state index in [1.807, 2.05) is 0 Å². The summed E-state index contributed by atoms with van der Waals surface area (Å²) in [6, 6.07) is 0.425. The highest BCUT2D eigenvalue weighted by atomic mass is 35.5. The molecular weight excluding hydrogens is 466 g/mol. The average molecular weight is 492 g/mol. The zero-order valence-electron chi connectivity index (χ0n) is 18.6. The Bertz CT molecular complexity index is 1150. The van der Waals surface area contributed by atoms with Crippen LogP contribution in [0.4, 0.5) is 5.13 Å². The van der Waals surface area contributed by atoms with Crippen molar-refractivity contribution in [3.63, 3.8) is 0 Å². The van der Waals surface area contributed by atoms with E-state index in [-0.39, 0.29) is 23.5 Å². The number of hydrogen-bond donors (Lipinski definition) is 2. The van der Waals surface area contributed by atoms with Crippen LogP contribution in [0.5, 0.6) is 0 Å². The highest BCUT2D eigenvalue weighted by Crippen LogP contribution is 2.38. The van der Waals surface area contributed by atoms with Gasteiger partial charge < -0.3 is 10.2 Å². The fourth-order valence-corrected chi connectivity index (χ4v) is 6.48. The van der Waals surface area contributed by atoms with Crippen LogP contribution in [0.25, 0.3) is 31.8 Å². The Balaban J connectivity index is 0.00000245. The maximum atomic E-state index is 4.88. The molecule has 2 N–H and O–H groups in total. The lowest BCUT2D eigenvalue weighted by molar-refractivity contribution is 0.161. The summed E-state index contributed by atoms with van der Waals surface area (Å²) in [6.07, 6.45) is 7.28. The molecule has 0 saturated carbocycles. The molecule has 9 nitrogen and oxygen atoms in total. The molecule has 5 rings (SSSR count). The molecule has 4 aromatic heterocycles. The summed E-state index contributed by atoms with van der Waals surface area (Å²) in [5.74, 6) is 0.513. The predicted molar refractivity (Wildman–Crippen MR) is 132 cm³/mol. The van der Waals surface area contributed by atoms with Gasteiger partial charge in [-0.2, -0.15) is 5.10 Å². The molecule has 0 aromatic carbocycles. The van der Waals surface area contributed by atoms with Crippen molar-refractivity contribution < 1.29 is 0 Å². The van der Waals surface area contributed by atoms with Crippen LogP contribution >= 0.6 is 35.1 Å². The standard InChI is InChI=1S/C20H25N9S2.ClH/c1-19(2)6-12(7-20(3,4)28-19)29(5)18-25-17-16(31-18)24-15(30-17)14-21-10-13(26-27-14)11-8-22-23-9-11;/h8-10,12,28H,6-7H2,1-5H3,(H,22,23);1H. The van der Waals surface area contributed by atoms with Crippen LogP contribution < -0.4 is 10.2 Å². The Kier molecular flexibility index (Phi) is 5.95. The molecule has 32 heavy (non-hydrogen) atoms. The molecule has 0 unspecified atom stereocenters. The number of H-pyrrole nitrogens is 1. The molecule has 1 aliphatic heterocycles. The lowest BCUT2D eigenvalue weighted by Crippen LogP contribution is -2.61. The zero-order chi connectivity index (χ0) is 21.8. The smallest absolute Gasteiger partial charge is 0.210 e. The van der Waals surface area contributed by atoms with Crippen molar-refractivity contribution >= 4 is 49.9 Å². The third-order valence-corrected chi connectivity index (χ3v) is 7.64. The number of thiazole rings is 2. The van der Waals surface area contributed by atoms with Crippen LogP contribution in [-0.2, 0) is 0 Å². The highest BCUT2D eigenvalue weighted by molar-refractivity contribution is 7.29. The summed E-state index contributed by atoms with van der Waals surface area (Å²) in [7, 11) is 2.15. The average Bonchev–Trinajstić information content (AvgIpc) is 3.41. The number of nitrogens with zero attached hydrogens (tertiary/aromatic N) is 7. The lowest BCUT2D eigenvalue weighted by Gasteiger charge is -2.48. The third kappa shape index (κ3) is 4.47. The largest absolute Gasteiger partial charge is 0.348 e. The number of halogens is 1. The first-order valence-corrected chi connectivity index (χ1v) is 11.8. The van der Waals surface area contributed by atoms with Crippen molar-refractivity contribution in [1.82, 2.24) is 40.7 Å². The number of anilines is 1. The van der Waals surface area contributed by atoms with Gasteiger partial charge in [-0.3, -0.25) is 5.10 Å². The molecule has 1 fully saturated rings. The van der Waals surface area contributed by atoms with Crippen molar-refractivity contribution in [2.75, 3.05) is 11.9 Å². The minimum absolute atomic E-state index is 0. The Labute approximate surface area is 200 Å².